The van der Waals surface area contributed by atoms with Crippen LogP contribution < -0.4 is 0 Å². The molecule has 0 radical (unpaired) electrons. The molecule has 3 rings (SSSR count). The minimum absolute atomic E-state index is 0.330. The van der Waals surface area contributed by atoms with Crippen molar-refractivity contribution in [2.24, 2.45) is 0 Å². The summed E-state index contributed by atoms with van der Waals surface area (Å²) < 4.78 is 36.2. The number of aryl methyl sites for hydroxylation is 2. The molecule has 0 saturated heterocycles. The van der Waals surface area contributed by atoms with Gasteiger partial charge >= 0.3 is 0 Å². The minimum atomic E-state index is -2.62. The highest BCUT2D eigenvalue weighted by molar-refractivity contribution is 5.45. The fourth-order valence-electron chi connectivity index (χ4n) is 2.48. The maximum Gasteiger partial charge on any atom is 0.109 e. The zero-order chi connectivity index (χ0) is 19.7. The van der Waals surface area contributed by atoms with Crippen LogP contribution >= 0.6 is 0 Å². The van der Waals surface area contributed by atoms with Gasteiger partial charge in [0.1, 0.15) is 11.2 Å². The molecule has 0 unspecified atom stereocenters. The van der Waals surface area contributed by atoms with Crippen LogP contribution in [0.4, 0.5) is 0 Å². The Morgan fingerprint density at radius 3 is 2.09 bits per heavy atom. The third-order valence-corrected chi connectivity index (χ3v) is 3.77. The number of nitrogens with zero attached hydrogens (tertiary/aromatic N) is 3. The smallest absolute Gasteiger partial charge is 0.109 e. The van der Waals surface area contributed by atoms with Crippen LogP contribution in [0.2, 0.25) is 0 Å². The summed E-state index contributed by atoms with van der Waals surface area (Å²) in [7, 11) is 0. The molecule has 0 bridgehead atoms. The molecule has 0 aliphatic carbocycles. The van der Waals surface area contributed by atoms with Crippen molar-refractivity contribution >= 4 is 0 Å². The van der Waals surface area contributed by atoms with Gasteiger partial charge in [-0.25, -0.2) is 4.98 Å². The van der Waals surface area contributed by atoms with E-state index >= 15 is 0 Å². The highest BCUT2D eigenvalue weighted by atomic mass is 15.0. The molecule has 114 valence electrons. The second-order valence-corrected chi connectivity index (χ2v) is 5.18. The monoisotopic (exact) mass is 305 g/mol. The molecule has 3 aromatic rings. The molecule has 0 atom stereocenters. The van der Waals surface area contributed by atoms with E-state index in [4.69, 9.17) is 5.48 Å². The number of aromatic nitrogens is 2. The van der Waals surface area contributed by atoms with Crippen LogP contribution in [0.25, 0.3) is 0 Å². The van der Waals surface area contributed by atoms with Gasteiger partial charge in [0, 0.05) is 24.4 Å². The highest BCUT2D eigenvalue weighted by Crippen LogP contribution is 2.35. The zero-order valence-corrected chi connectivity index (χ0v) is 12.8. The molecule has 0 amide bonds. The van der Waals surface area contributed by atoms with E-state index in [-0.39, 0.29) is 0 Å². The van der Waals surface area contributed by atoms with Crippen LogP contribution in [0.3, 0.4) is 0 Å². The molecule has 1 heterocycles. The highest BCUT2D eigenvalue weighted by Gasteiger charge is 2.34. The van der Waals surface area contributed by atoms with Crippen molar-refractivity contribution in [2.45, 2.75) is 25.2 Å². The van der Waals surface area contributed by atoms with Crippen molar-refractivity contribution < 1.29 is 5.48 Å². The predicted octanol–water partition coefficient (Wildman–Crippen LogP) is 4.09. The van der Waals surface area contributed by atoms with Crippen LogP contribution in [0.5, 0.6) is 0 Å². The first-order valence-corrected chi connectivity index (χ1v) is 7.32. The maximum atomic E-state index is 10.3. The molecule has 0 fully saturated rings. The van der Waals surface area contributed by atoms with Gasteiger partial charge in [0.05, 0.1) is 6.07 Å². The van der Waals surface area contributed by atoms with E-state index in [0.717, 1.165) is 4.57 Å². The number of benzene rings is 2. The fraction of sp³-hybridized carbons (Fsp3) is 0.200. The molecular formula is C20H19N3. The van der Waals surface area contributed by atoms with E-state index < -0.39 is 18.3 Å². The van der Waals surface area contributed by atoms with Gasteiger partial charge in [-0.05, 0) is 24.4 Å². The minimum Gasteiger partial charge on any atom is -0.335 e. The van der Waals surface area contributed by atoms with E-state index in [1.165, 1.54) is 12.4 Å². The summed E-state index contributed by atoms with van der Waals surface area (Å²) in [5.74, 6) is 0.330. The number of rotatable bonds is 5. The van der Waals surface area contributed by atoms with Gasteiger partial charge in [-0.15, -0.1) is 0 Å². The quantitative estimate of drug-likeness (QED) is 0.712. The van der Waals surface area contributed by atoms with Crippen molar-refractivity contribution in [3.8, 4) is 6.07 Å². The van der Waals surface area contributed by atoms with Gasteiger partial charge in [0.15, 0.2) is 0 Å². The second kappa shape index (κ2) is 6.50. The molecule has 23 heavy (non-hydrogen) atoms. The van der Waals surface area contributed by atoms with E-state index in [1.54, 1.807) is 67.6 Å². The van der Waals surface area contributed by atoms with Crippen molar-refractivity contribution in [3.63, 3.8) is 0 Å². The molecule has 3 nitrogen and oxygen atoms in total. The van der Waals surface area contributed by atoms with Gasteiger partial charge < -0.3 is 4.57 Å². The lowest BCUT2D eigenvalue weighted by atomic mass is 9.73. The average molecular weight is 305 g/mol. The van der Waals surface area contributed by atoms with E-state index in [9.17, 15) is 5.26 Å². The SMILES string of the molecule is [2H]C([2H])(n1ccnc1C)C([2H])([2H])C(C#N)(c1ccccc1)c1ccccc1. The van der Waals surface area contributed by atoms with E-state index in [0.29, 0.717) is 17.0 Å². The van der Waals surface area contributed by atoms with Gasteiger partial charge in [-0.2, -0.15) is 5.26 Å². The Kier molecular flexibility index (Phi) is 3.05. The Morgan fingerprint density at radius 1 is 1.09 bits per heavy atom. The third kappa shape index (κ3) is 2.89. The molecule has 0 aliphatic rings. The first-order chi connectivity index (χ1) is 12.8. The van der Waals surface area contributed by atoms with E-state index in [2.05, 4.69) is 11.1 Å². The number of hydrogen-bond donors (Lipinski definition) is 0. The Labute approximate surface area is 142 Å². The molecule has 0 N–H and O–H groups in total. The molecule has 0 spiro atoms. The van der Waals surface area contributed by atoms with Gasteiger partial charge in [-0.1, -0.05) is 60.7 Å². The second-order valence-electron chi connectivity index (χ2n) is 5.18. The molecule has 3 heteroatoms. The van der Waals surface area contributed by atoms with Gasteiger partial charge in [0.25, 0.3) is 0 Å². The molecule has 0 saturated carbocycles. The number of imidazole rings is 1. The summed E-state index contributed by atoms with van der Waals surface area (Å²) in [6.07, 6.45) is 0.191. The summed E-state index contributed by atoms with van der Waals surface area (Å²) in [5, 5.41) is 10.3. The van der Waals surface area contributed by atoms with Gasteiger partial charge in [0.2, 0.25) is 0 Å². The lowest BCUT2D eigenvalue weighted by Crippen LogP contribution is -2.27. The maximum absolute atomic E-state index is 10.3. The third-order valence-electron chi connectivity index (χ3n) is 3.77. The Morgan fingerprint density at radius 2 is 1.65 bits per heavy atom. The summed E-state index contributed by atoms with van der Waals surface area (Å²) >= 11 is 0. The van der Waals surface area contributed by atoms with E-state index in [1.807, 2.05) is 0 Å². The number of nitriles is 1. The molecule has 1 aromatic heterocycles. The van der Waals surface area contributed by atoms with Crippen LogP contribution in [0, 0.1) is 18.3 Å². The zero-order valence-electron chi connectivity index (χ0n) is 16.8. The summed E-state index contributed by atoms with van der Waals surface area (Å²) in [5.41, 5.74) is -1.08. The Balaban J connectivity index is 2.34. The predicted molar refractivity (Wildman–Crippen MR) is 90.9 cm³/mol. The standard InChI is InChI=1S/C20H19N3/c1-17-22-13-15-23(17)14-12-20(16-21,18-8-4-2-5-9-18)19-10-6-3-7-11-19/h2-11,13,15H,12,14H2,1H3/i12D2,14D2. The van der Waals surface area contributed by atoms with Crippen molar-refractivity contribution in [2.75, 3.05) is 0 Å². The van der Waals surface area contributed by atoms with Crippen LogP contribution in [-0.2, 0) is 11.9 Å². The topological polar surface area (TPSA) is 41.6 Å². The normalized spacial score (nSPS) is 15.0. The van der Waals surface area contributed by atoms with Crippen LogP contribution in [0.15, 0.2) is 73.1 Å². The summed E-state index contributed by atoms with van der Waals surface area (Å²) in [4.78, 5) is 4.02. The first-order valence-electron chi connectivity index (χ1n) is 9.32. The van der Waals surface area contributed by atoms with Crippen molar-refractivity contribution in [1.29, 1.82) is 5.26 Å². The lowest BCUT2D eigenvalue weighted by molar-refractivity contribution is 0.514. The lowest BCUT2D eigenvalue weighted by Gasteiger charge is -2.28. The molecule has 2 aromatic carbocycles. The number of hydrogen-bond acceptors (Lipinski definition) is 2. The Hall–Kier alpha value is -2.86. The fourth-order valence-corrected chi connectivity index (χ4v) is 2.48. The largest absolute Gasteiger partial charge is 0.335 e. The molecular weight excluding hydrogens is 282 g/mol. The van der Waals surface area contributed by atoms with Gasteiger partial charge in [-0.3, -0.25) is 0 Å². The molecule has 0 aliphatic heterocycles. The van der Waals surface area contributed by atoms with Crippen molar-refractivity contribution in [1.82, 2.24) is 9.55 Å². The average Bonchev–Trinajstić information content (AvgIpc) is 3.11. The Bertz CT molecular complexity index is 920. The van der Waals surface area contributed by atoms with Crippen LogP contribution in [0.1, 0.15) is 28.8 Å². The van der Waals surface area contributed by atoms with Crippen molar-refractivity contribution in [3.05, 3.63) is 90.0 Å². The van der Waals surface area contributed by atoms with Crippen LogP contribution in [-0.4, -0.2) is 9.55 Å². The summed E-state index contributed by atoms with van der Waals surface area (Å²) in [6.45, 7) is -0.929. The first kappa shape index (κ1) is 10.8. The summed E-state index contributed by atoms with van der Waals surface area (Å²) in [6, 6.07) is 19.2.